The molecule has 0 atom stereocenters. The highest BCUT2D eigenvalue weighted by molar-refractivity contribution is 7.79. The predicted octanol–water partition coefficient (Wildman–Crippen LogP) is 4.05. The molecule has 0 aliphatic heterocycles. The van der Waals surface area contributed by atoms with Crippen molar-refractivity contribution < 1.29 is 26.7 Å². The summed E-state index contributed by atoms with van der Waals surface area (Å²) in [6, 6.07) is 25.2. The summed E-state index contributed by atoms with van der Waals surface area (Å²) in [7, 11) is -5.17. The SMILES string of the molecule is CC[n+]1cccc2ccc3cccnc3c21.CC[n+]1cccc2ccc3cccnc3c21.O=S(=O)([O-])[O-]. The van der Waals surface area contributed by atoms with Crippen molar-refractivity contribution >= 4 is 54.0 Å². The average molecular weight is 515 g/mol. The van der Waals surface area contributed by atoms with E-state index in [1.54, 1.807) is 0 Å². The second-order valence-electron chi connectivity index (χ2n) is 8.15. The van der Waals surface area contributed by atoms with Crippen LogP contribution in [-0.2, 0) is 23.5 Å². The summed E-state index contributed by atoms with van der Waals surface area (Å²) in [4.78, 5) is 8.99. The molecular formula is C28H26N4O4S. The maximum absolute atomic E-state index is 8.52. The number of hydrogen-bond donors (Lipinski definition) is 0. The van der Waals surface area contributed by atoms with Crippen LogP contribution in [0, 0.1) is 0 Å². The van der Waals surface area contributed by atoms with Crippen LogP contribution in [0.2, 0.25) is 0 Å². The summed E-state index contributed by atoms with van der Waals surface area (Å²) in [6.07, 6.45) is 7.93. The van der Waals surface area contributed by atoms with Gasteiger partial charge in [0.1, 0.15) is 24.1 Å². The number of rotatable bonds is 2. The molecule has 37 heavy (non-hydrogen) atoms. The molecule has 188 valence electrons. The summed E-state index contributed by atoms with van der Waals surface area (Å²) in [6.45, 7) is 6.24. The Bertz CT molecular complexity index is 1680. The molecule has 0 spiro atoms. The molecule has 6 aromatic rings. The minimum atomic E-state index is -5.17. The third kappa shape index (κ3) is 6.21. The lowest BCUT2D eigenvalue weighted by molar-refractivity contribution is -0.667. The Morgan fingerprint density at radius 2 is 0.973 bits per heavy atom. The van der Waals surface area contributed by atoms with Crippen molar-refractivity contribution in [1.82, 2.24) is 9.97 Å². The van der Waals surface area contributed by atoms with Gasteiger partial charge >= 0.3 is 0 Å². The van der Waals surface area contributed by atoms with Crippen LogP contribution >= 0.6 is 0 Å². The summed E-state index contributed by atoms with van der Waals surface area (Å²) >= 11 is 0. The van der Waals surface area contributed by atoms with Gasteiger partial charge in [0, 0.05) is 56.5 Å². The molecule has 0 N–H and O–H groups in total. The molecule has 0 aliphatic rings. The molecule has 6 rings (SSSR count). The number of fused-ring (bicyclic) bond motifs is 6. The fourth-order valence-electron chi connectivity index (χ4n) is 4.34. The first-order valence-corrected chi connectivity index (χ1v) is 13.1. The van der Waals surface area contributed by atoms with E-state index in [0.717, 1.165) is 24.1 Å². The van der Waals surface area contributed by atoms with Crippen molar-refractivity contribution in [2.45, 2.75) is 26.9 Å². The molecule has 4 heterocycles. The van der Waals surface area contributed by atoms with E-state index in [2.05, 4.69) is 106 Å². The topological polar surface area (TPSA) is 114 Å². The Kier molecular flexibility index (Phi) is 7.98. The van der Waals surface area contributed by atoms with Crippen LogP contribution in [0.4, 0.5) is 0 Å². The van der Waals surface area contributed by atoms with Crippen LogP contribution in [0.1, 0.15) is 13.8 Å². The number of pyridine rings is 4. The van der Waals surface area contributed by atoms with Gasteiger partial charge in [-0.2, -0.15) is 9.13 Å². The van der Waals surface area contributed by atoms with Crippen molar-refractivity contribution in [3.05, 3.63) is 97.6 Å². The molecule has 4 aromatic heterocycles. The minimum Gasteiger partial charge on any atom is -0.759 e. The van der Waals surface area contributed by atoms with Gasteiger partial charge in [0.05, 0.1) is 0 Å². The average Bonchev–Trinajstić information content (AvgIpc) is 2.91. The fourth-order valence-corrected chi connectivity index (χ4v) is 4.34. The zero-order valence-corrected chi connectivity index (χ0v) is 21.3. The van der Waals surface area contributed by atoms with Gasteiger partial charge in [-0.15, -0.1) is 0 Å². The normalized spacial score (nSPS) is 11.1. The molecule has 9 heteroatoms. The highest BCUT2D eigenvalue weighted by Gasteiger charge is 2.12. The van der Waals surface area contributed by atoms with Crippen LogP contribution < -0.4 is 9.13 Å². The Morgan fingerprint density at radius 3 is 1.35 bits per heavy atom. The Hall–Kier alpha value is -4.05. The Balaban J connectivity index is 0.000000147. The van der Waals surface area contributed by atoms with E-state index in [0.29, 0.717) is 0 Å². The second-order valence-corrected chi connectivity index (χ2v) is 8.97. The third-order valence-electron chi connectivity index (χ3n) is 5.90. The van der Waals surface area contributed by atoms with Crippen molar-refractivity contribution in [3.8, 4) is 0 Å². The second kappa shape index (κ2) is 11.3. The Morgan fingerprint density at radius 1 is 0.622 bits per heavy atom. The van der Waals surface area contributed by atoms with Gasteiger partial charge in [0.25, 0.3) is 0 Å². The lowest BCUT2D eigenvalue weighted by Gasteiger charge is -2.06. The van der Waals surface area contributed by atoms with Gasteiger partial charge in [0.2, 0.25) is 11.0 Å². The third-order valence-corrected chi connectivity index (χ3v) is 5.90. The van der Waals surface area contributed by atoms with E-state index >= 15 is 0 Å². The first-order chi connectivity index (χ1) is 17.8. The van der Waals surface area contributed by atoms with Crippen molar-refractivity contribution in [1.29, 1.82) is 0 Å². The van der Waals surface area contributed by atoms with Crippen molar-refractivity contribution in [2.24, 2.45) is 0 Å². The molecule has 0 saturated heterocycles. The van der Waals surface area contributed by atoms with Crippen LogP contribution in [0.5, 0.6) is 0 Å². The molecule has 8 nitrogen and oxygen atoms in total. The first-order valence-electron chi connectivity index (χ1n) is 11.8. The van der Waals surface area contributed by atoms with Crippen LogP contribution in [0.3, 0.4) is 0 Å². The molecule has 0 radical (unpaired) electrons. The van der Waals surface area contributed by atoms with E-state index in [4.69, 9.17) is 17.5 Å². The molecule has 0 saturated carbocycles. The number of hydrogen-bond acceptors (Lipinski definition) is 6. The van der Waals surface area contributed by atoms with Crippen molar-refractivity contribution in [3.63, 3.8) is 0 Å². The quantitative estimate of drug-likeness (QED) is 0.149. The highest BCUT2D eigenvalue weighted by Crippen LogP contribution is 2.21. The monoisotopic (exact) mass is 514 g/mol. The summed E-state index contributed by atoms with van der Waals surface area (Å²) < 4.78 is 38.6. The molecular weight excluding hydrogens is 488 g/mol. The summed E-state index contributed by atoms with van der Waals surface area (Å²) in [5.41, 5.74) is 4.62. The Labute approximate surface area is 215 Å². The first kappa shape index (κ1) is 26.0. The van der Waals surface area contributed by atoms with Crippen LogP contribution in [0.25, 0.3) is 43.6 Å². The zero-order valence-electron chi connectivity index (χ0n) is 20.5. The number of aryl methyl sites for hydroxylation is 2. The number of benzene rings is 2. The van der Waals surface area contributed by atoms with Crippen LogP contribution in [-0.4, -0.2) is 27.5 Å². The van der Waals surface area contributed by atoms with Crippen molar-refractivity contribution in [2.75, 3.05) is 0 Å². The maximum atomic E-state index is 8.52. The van der Waals surface area contributed by atoms with Gasteiger partial charge in [-0.3, -0.25) is 8.42 Å². The molecule has 0 aliphatic carbocycles. The molecule has 0 amide bonds. The number of nitrogens with zero attached hydrogens (tertiary/aromatic N) is 4. The fraction of sp³-hybridized carbons (Fsp3) is 0.143. The maximum Gasteiger partial charge on any atom is 0.239 e. The molecule has 0 bridgehead atoms. The van der Waals surface area contributed by atoms with E-state index < -0.39 is 10.4 Å². The standard InChI is InChI=1S/2C14H13N2.H2O4S/c2*1-2-16-10-4-6-12-8-7-11-5-3-9-15-13(11)14(12)16;1-5(2,3)4/h2*3-10H,2H2,1H3;(H2,1,2,3,4)/q2*+1;/p-2. The molecule has 0 unspecified atom stereocenters. The van der Waals surface area contributed by atoms with Gasteiger partial charge < -0.3 is 9.11 Å². The highest BCUT2D eigenvalue weighted by atomic mass is 32.3. The van der Waals surface area contributed by atoms with Gasteiger partial charge in [-0.1, -0.05) is 24.3 Å². The predicted molar refractivity (Wildman–Crippen MR) is 141 cm³/mol. The molecule has 0 fully saturated rings. The van der Waals surface area contributed by atoms with Gasteiger partial charge in [-0.05, 0) is 50.2 Å². The van der Waals surface area contributed by atoms with E-state index in [9.17, 15) is 0 Å². The zero-order chi connectivity index (χ0) is 26.4. The molecule has 2 aromatic carbocycles. The van der Waals surface area contributed by atoms with Gasteiger partial charge in [0.15, 0.2) is 12.4 Å². The lowest BCUT2D eigenvalue weighted by atomic mass is 10.1. The number of aromatic nitrogens is 4. The van der Waals surface area contributed by atoms with E-state index in [1.807, 2.05) is 24.5 Å². The van der Waals surface area contributed by atoms with Gasteiger partial charge in [-0.25, -0.2) is 9.97 Å². The van der Waals surface area contributed by atoms with Crippen LogP contribution in [0.15, 0.2) is 97.6 Å². The van der Waals surface area contributed by atoms with E-state index in [1.165, 1.54) is 32.6 Å². The van der Waals surface area contributed by atoms with E-state index in [-0.39, 0.29) is 0 Å². The largest absolute Gasteiger partial charge is 0.759 e. The summed E-state index contributed by atoms with van der Waals surface area (Å²) in [5.74, 6) is 0. The minimum absolute atomic E-state index is 0.965. The smallest absolute Gasteiger partial charge is 0.239 e. The lowest BCUT2D eigenvalue weighted by Crippen LogP contribution is -2.32. The summed E-state index contributed by atoms with van der Waals surface area (Å²) in [5, 5.41) is 4.89.